The van der Waals surface area contributed by atoms with E-state index < -0.39 is 5.66 Å². The van der Waals surface area contributed by atoms with Crippen LogP contribution in [-0.2, 0) is 4.84 Å². The fraction of sp³-hybridized carbons (Fsp3) is 0.333. The number of nitrogens with two attached hydrogens (primary N) is 2. The Hall–Kier alpha value is -2.46. The predicted molar refractivity (Wildman–Crippen MR) is 97.2 cm³/mol. The van der Waals surface area contributed by atoms with Gasteiger partial charge in [0, 0.05) is 0 Å². The van der Waals surface area contributed by atoms with Gasteiger partial charge in [-0.1, -0.05) is 12.1 Å². The van der Waals surface area contributed by atoms with E-state index in [0.717, 1.165) is 4.90 Å². The molecule has 0 unspecified atom stereocenters. The van der Waals surface area contributed by atoms with Gasteiger partial charge in [0.15, 0.2) is 5.66 Å². The molecule has 2 aliphatic heterocycles. The van der Waals surface area contributed by atoms with Gasteiger partial charge >= 0.3 is 0 Å². The van der Waals surface area contributed by atoms with Gasteiger partial charge in [-0.3, -0.25) is 19.3 Å². The van der Waals surface area contributed by atoms with Crippen molar-refractivity contribution in [1.29, 1.82) is 0 Å². The van der Waals surface area contributed by atoms with E-state index in [9.17, 15) is 9.59 Å². The third kappa shape index (κ3) is 3.35. The number of hydrogen-bond donors (Lipinski definition) is 2. The molecule has 0 fully saturated rings. The van der Waals surface area contributed by atoms with Crippen molar-refractivity contribution in [2.45, 2.75) is 19.5 Å². The lowest BCUT2D eigenvalue weighted by atomic mass is 10.1. The van der Waals surface area contributed by atoms with Gasteiger partial charge in [-0.15, -0.1) is 17.0 Å². The van der Waals surface area contributed by atoms with E-state index in [0.29, 0.717) is 11.1 Å². The molecular formula is C15H19BrN6O3. The number of guanidine groups is 2. The number of benzene rings is 1. The molecule has 3 rings (SSSR count). The summed E-state index contributed by atoms with van der Waals surface area (Å²) in [5.74, 6) is -0.533. The Balaban J connectivity index is 0.00000225. The Morgan fingerprint density at radius 2 is 1.68 bits per heavy atom. The molecule has 0 atom stereocenters. The first-order chi connectivity index (χ1) is 11.3. The molecule has 2 aliphatic rings. The van der Waals surface area contributed by atoms with E-state index in [2.05, 4.69) is 9.98 Å². The summed E-state index contributed by atoms with van der Waals surface area (Å²) in [4.78, 5) is 39.3. The molecule has 0 saturated heterocycles. The van der Waals surface area contributed by atoms with Gasteiger partial charge in [0.25, 0.3) is 11.8 Å². The molecule has 4 N–H and O–H groups in total. The number of halogens is 1. The smallest absolute Gasteiger partial charge is 0.261 e. The van der Waals surface area contributed by atoms with E-state index in [4.69, 9.17) is 16.3 Å². The van der Waals surface area contributed by atoms with Crippen LogP contribution in [0.2, 0.25) is 0 Å². The Morgan fingerprint density at radius 3 is 2.20 bits per heavy atom. The summed E-state index contributed by atoms with van der Waals surface area (Å²) in [6.07, 6.45) is 0. The summed E-state index contributed by atoms with van der Waals surface area (Å²) >= 11 is 0. The average Bonchev–Trinajstić information content (AvgIpc) is 2.74. The fourth-order valence-electron chi connectivity index (χ4n) is 2.68. The molecule has 0 saturated carbocycles. The highest BCUT2D eigenvalue weighted by Crippen LogP contribution is 2.23. The molecule has 134 valence electrons. The first kappa shape index (κ1) is 18.9. The molecule has 0 aliphatic carbocycles. The van der Waals surface area contributed by atoms with Crippen molar-refractivity contribution in [2.24, 2.45) is 21.5 Å². The summed E-state index contributed by atoms with van der Waals surface area (Å²) in [5.41, 5.74) is 11.4. The van der Waals surface area contributed by atoms with Crippen LogP contribution in [-0.4, -0.2) is 52.5 Å². The SMILES string of the molecule is Br.CC1(C)N=C(N)N=C(N)N1OCCN1C(=O)c2ccccc2C1=O. The molecule has 0 bridgehead atoms. The zero-order valence-corrected chi connectivity index (χ0v) is 15.5. The lowest BCUT2D eigenvalue weighted by molar-refractivity contribution is -0.157. The number of imide groups is 1. The number of carbonyl (C=O) groups excluding carboxylic acids is 2. The summed E-state index contributed by atoms with van der Waals surface area (Å²) in [7, 11) is 0. The lowest BCUT2D eigenvalue weighted by Crippen LogP contribution is -2.54. The van der Waals surface area contributed by atoms with Crippen LogP contribution in [0.1, 0.15) is 34.6 Å². The Labute approximate surface area is 155 Å². The minimum absolute atomic E-state index is 0. The number of carbonyl (C=O) groups is 2. The van der Waals surface area contributed by atoms with E-state index >= 15 is 0 Å². The minimum atomic E-state index is -0.835. The molecule has 1 aromatic carbocycles. The second-order valence-electron chi connectivity index (χ2n) is 5.87. The zero-order chi connectivity index (χ0) is 17.5. The van der Waals surface area contributed by atoms with Crippen molar-refractivity contribution in [1.82, 2.24) is 9.96 Å². The predicted octanol–water partition coefficient (Wildman–Crippen LogP) is 0.473. The van der Waals surface area contributed by atoms with Crippen LogP contribution in [0, 0.1) is 0 Å². The fourth-order valence-corrected chi connectivity index (χ4v) is 2.68. The quantitative estimate of drug-likeness (QED) is 0.694. The highest BCUT2D eigenvalue weighted by atomic mass is 79.9. The van der Waals surface area contributed by atoms with Crippen molar-refractivity contribution >= 4 is 40.7 Å². The number of hydrogen-bond acceptors (Lipinski definition) is 8. The third-order valence-corrected chi connectivity index (χ3v) is 3.74. The van der Waals surface area contributed by atoms with Crippen molar-refractivity contribution in [2.75, 3.05) is 13.2 Å². The summed E-state index contributed by atoms with van der Waals surface area (Å²) in [6.45, 7) is 3.65. The number of amides is 2. The van der Waals surface area contributed by atoms with Crippen LogP contribution in [0.3, 0.4) is 0 Å². The Kier molecular flexibility index (Phi) is 5.14. The molecule has 9 nitrogen and oxygen atoms in total. The van der Waals surface area contributed by atoms with Crippen LogP contribution in [0.5, 0.6) is 0 Å². The van der Waals surface area contributed by atoms with Crippen molar-refractivity contribution in [3.8, 4) is 0 Å². The number of fused-ring (bicyclic) bond motifs is 1. The topological polar surface area (TPSA) is 127 Å². The molecule has 25 heavy (non-hydrogen) atoms. The van der Waals surface area contributed by atoms with E-state index in [1.807, 2.05) is 0 Å². The second-order valence-corrected chi connectivity index (χ2v) is 5.87. The van der Waals surface area contributed by atoms with Crippen LogP contribution < -0.4 is 11.5 Å². The van der Waals surface area contributed by atoms with Crippen molar-refractivity contribution < 1.29 is 14.4 Å². The second kappa shape index (κ2) is 6.81. The van der Waals surface area contributed by atoms with Gasteiger partial charge < -0.3 is 11.5 Å². The van der Waals surface area contributed by atoms with Crippen LogP contribution in [0.4, 0.5) is 0 Å². The highest BCUT2D eigenvalue weighted by Gasteiger charge is 2.36. The van der Waals surface area contributed by atoms with E-state index in [1.54, 1.807) is 38.1 Å². The number of aliphatic imine (C=N–C) groups is 2. The normalized spacial score (nSPS) is 18.5. The highest BCUT2D eigenvalue weighted by molar-refractivity contribution is 8.93. The molecule has 2 amide bonds. The molecule has 0 spiro atoms. The number of nitrogens with zero attached hydrogens (tertiary/aromatic N) is 4. The van der Waals surface area contributed by atoms with Crippen LogP contribution >= 0.6 is 17.0 Å². The molecule has 2 heterocycles. The van der Waals surface area contributed by atoms with Crippen molar-refractivity contribution in [3.05, 3.63) is 35.4 Å². The average molecular weight is 411 g/mol. The first-order valence-electron chi connectivity index (χ1n) is 7.39. The van der Waals surface area contributed by atoms with Gasteiger partial charge in [0.05, 0.1) is 24.3 Å². The van der Waals surface area contributed by atoms with Crippen LogP contribution in [0.15, 0.2) is 34.3 Å². The van der Waals surface area contributed by atoms with Gasteiger partial charge in [-0.2, -0.15) is 10.1 Å². The standard InChI is InChI=1S/C15H18N6O3.BrH/c1-15(2)19-13(16)18-14(17)21(15)24-8-7-20-11(22)9-5-3-4-6-10(9)12(20)23;/h3-6H,7-8H2,1-2H3,(H4,16,17,18,19);1H. The largest absolute Gasteiger partial charge is 0.368 e. The molecular weight excluding hydrogens is 392 g/mol. The Morgan fingerprint density at radius 1 is 1.12 bits per heavy atom. The molecule has 1 aromatic rings. The van der Waals surface area contributed by atoms with Crippen LogP contribution in [0.25, 0.3) is 0 Å². The van der Waals surface area contributed by atoms with Crippen molar-refractivity contribution in [3.63, 3.8) is 0 Å². The lowest BCUT2D eigenvalue weighted by Gasteiger charge is -2.36. The number of hydroxylamine groups is 2. The van der Waals surface area contributed by atoms with E-state index in [1.165, 1.54) is 5.06 Å². The summed E-state index contributed by atoms with van der Waals surface area (Å²) in [6, 6.07) is 6.71. The zero-order valence-electron chi connectivity index (χ0n) is 13.8. The maximum atomic E-state index is 12.3. The maximum Gasteiger partial charge on any atom is 0.261 e. The summed E-state index contributed by atoms with van der Waals surface area (Å²) < 4.78 is 0. The first-order valence-corrected chi connectivity index (χ1v) is 7.39. The van der Waals surface area contributed by atoms with Gasteiger partial charge in [0.1, 0.15) is 0 Å². The Bertz CT molecular complexity index is 741. The number of rotatable bonds is 4. The monoisotopic (exact) mass is 410 g/mol. The van der Waals surface area contributed by atoms with Gasteiger partial charge in [-0.05, 0) is 26.0 Å². The molecule has 0 aromatic heterocycles. The van der Waals surface area contributed by atoms with Gasteiger partial charge in [-0.25, -0.2) is 4.99 Å². The van der Waals surface area contributed by atoms with E-state index in [-0.39, 0.29) is 53.9 Å². The van der Waals surface area contributed by atoms with Gasteiger partial charge in [0.2, 0.25) is 11.9 Å². The third-order valence-electron chi connectivity index (χ3n) is 3.74. The summed E-state index contributed by atoms with van der Waals surface area (Å²) in [5, 5.41) is 1.31. The molecule has 10 heteroatoms. The minimum Gasteiger partial charge on any atom is -0.368 e. The molecule has 0 radical (unpaired) electrons. The maximum absolute atomic E-state index is 12.3.